The molecule has 0 radical (unpaired) electrons. The van der Waals surface area contributed by atoms with Gasteiger partial charge in [-0.3, -0.25) is 14.4 Å². The number of amides is 3. The summed E-state index contributed by atoms with van der Waals surface area (Å²) in [5, 5.41) is 7.88. The van der Waals surface area contributed by atoms with Gasteiger partial charge in [-0.2, -0.15) is 0 Å². The van der Waals surface area contributed by atoms with Gasteiger partial charge in [0.1, 0.15) is 0 Å². The minimum absolute atomic E-state index is 0.0925. The summed E-state index contributed by atoms with van der Waals surface area (Å²) in [6, 6.07) is 20.1. The summed E-state index contributed by atoms with van der Waals surface area (Å²) in [6.07, 6.45) is 0.0925. The first-order valence-electron chi connectivity index (χ1n) is 9.49. The van der Waals surface area contributed by atoms with Gasteiger partial charge in [-0.15, -0.1) is 0 Å². The molecule has 0 fully saturated rings. The van der Waals surface area contributed by atoms with Crippen molar-refractivity contribution < 1.29 is 14.4 Å². The number of hydrogen-bond acceptors (Lipinski definition) is 3. The molecule has 3 amide bonds. The number of rotatable bonds is 7. The normalized spacial score (nSPS) is 10.5. The first-order chi connectivity index (χ1) is 14.4. The third-order valence-electron chi connectivity index (χ3n) is 4.59. The Labute approximate surface area is 179 Å². The Bertz CT molecular complexity index is 1080. The minimum Gasteiger partial charge on any atom is -0.352 e. The van der Waals surface area contributed by atoms with Gasteiger partial charge in [-0.1, -0.05) is 54.1 Å². The van der Waals surface area contributed by atoms with E-state index in [4.69, 9.17) is 11.6 Å². The topological polar surface area (TPSA) is 78.5 Å². The quantitative estimate of drug-likeness (QED) is 0.608. The summed E-state index contributed by atoms with van der Waals surface area (Å²) in [6.45, 7) is 0.0731. The minimum atomic E-state index is -0.348. The Morgan fingerprint density at radius 3 is 2.40 bits per heavy atom. The van der Waals surface area contributed by atoms with Crippen molar-refractivity contribution in [1.82, 2.24) is 10.2 Å². The summed E-state index contributed by atoms with van der Waals surface area (Å²) < 4.78 is 0. The molecule has 0 saturated carbocycles. The van der Waals surface area contributed by atoms with Crippen LogP contribution in [-0.2, 0) is 9.59 Å². The van der Waals surface area contributed by atoms with E-state index in [9.17, 15) is 14.4 Å². The molecule has 0 aliphatic heterocycles. The van der Waals surface area contributed by atoms with Crippen molar-refractivity contribution in [3.8, 4) is 0 Å². The maximum atomic E-state index is 12.3. The number of fused-ring (bicyclic) bond motifs is 1. The van der Waals surface area contributed by atoms with Gasteiger partial charge >= 0.3 is 0 Å². The molecule has 0 spiro atoms. The number of anilines is 1. The molecule has 3 aromatic rings. The van der Waals surface area contributed by atoms with Gasteiger partial charge in [0.05, 0.1) is 17.3 Å². The molecule has 0 aromatic heterocycles. The van der Waals surface area contributed by atoms with Crippen LogP contribution in [0.5, 0.6) is 0 Å². The predicted octanol–water partition coefficient (Wildman–Crippen LogP) is 3.71. The van der Waals surface area contributed by atoms with Crippen molar-refractivity contribution in [3.05, 3.63) is 77.3 Å². The van der Waals surface area contributed by atoms with Crippen molar-refractivity contribution in [2.45, 2.75) is 6.42 Å². The van der Waals surface area contributed by atoms with E-state index in [0.29, 0.717) is 16.3 Å². The van der Waals surface area contributed by atoms with Crippen LogP contribution in [0.4, 0.5) is 5.69 Å². The average Bonchev–Trinajstić information content (AvgIpc) is 2.74. The van der Waals surface area contributed by atoms with Gasteiger partial charge in [-0.05, 0) is 35.0 Å². The van der Waals surface area contributed by atoms with Gasteiger partial charge < -0.3 is 15.5 Å². The lowest BCUT2D eigenvalue weighted by Crippen LogP contribution is -2.37. The van der Waals surface area contributed by atoms with Crippen molar-refractivity contribution in [2.24, 2.45) is 0 Å². The summed E-state index contributed by atoms with van der Waals surface area (Å²) in [5.41, 5.74) is 1.03. The summed E-state index contributed by atoms with van der Waals surface area (Å²) in [7, 11) is 1.54. The largest absolute Gasteiger partial charge is 0.352 e. The van der Waals surface area contributed by atoms with E-state index < -0.39 is 0 Å². The smallest absolute Gasteiger partial charge is 0.251 e. The highest BCUT2D eigenvalue weighted by Crippen LogP contribution is 2.20. The van der Waals surface area contributed by atoms with E-state index in [1.165, 1.54) is 4.90 Å². The number of carbonyl (C=O) groups is 3. The fourth-order valence-corrected chi connectivity index (χ4v) is 3.15. The zero-order chi connectivity index (χ0) is 21.5. The first kappa shape index (κ1) is 21.3. The highest BCUT2D eigenvalue weighted by atomic mass is 35.5. The number of halogens is 1. The second-order valence-corrected chi connectivity index (χ2v) is 7.25. The van der Waals surface area contributed by atoms with E-state index in [0.717, 1.165) is 10.8 Å². The lowest BCUT2D eigenvalue weighted by molar-refractivity contribution is -0.133. The second-order valence-electron chi connectivity index (χ2n) is 6.85. The second kappa shape index (κ2) is 9.89. The highest BCUT2D eigenvalue weighted by molar-refractivity contribution is 6.33. The van der Waals surface area contributed by atoms with E-state index in [1.54, 1.807) is 37.4 Å². The SMILES string of the molecule is CN(CC(=O)Nc1ccccc1Cl)C(=O)CCNC(=O)c1ccc2ccccc2c1. The third kappa shape index (κ3) is 5.58. The van der Waals surface area contributed by atoms with Gasteiger partial charge in [0, 0.05) is 25.6 Å². The van der Waals surface area contributed by atoms with Gasteiger partial charge in [-0.25, -0.2) is 0 Å². The Balaban J connectivity index is 1.45. The number of para-hydroxylation sites is 1. The van der Waals surface area contributed by atoms with Gasteiger partial charge in [0.15, 0.2) is 0 Å². The molecule has 3 rings (SSSR count). The zero-order valence-electron chi connectivity index (χ0n) is 16.5. The van der Waals surface area contributed by atoms with Crippen LogP contribution in [0.2, 0.25) is 5.02 Å². The molecule has 154 valence electrons. The zero-order valence-corrected chi connectivity index (χ0v) is 17.3. The lowest BCUT2D eigenvalue weighted by Gasteiger charge is -2.17. The number of benzene rings is 3. The van der Waals surface area contributed by atoms with Crippen LogP contribution < -0.4 is 10.6 Å². The molecule has 7 heteroatoms. The van der Waals surface area contributed by atoms with Gasteiger partial charge in [0.2, 0.25) is 11.8 Å². The number of nitrogens with one attached hydrogen (secondary N) is 2. The Kier molecular flexibility index (Phi) is 7.03. The fourth-order valence-electron chi connectivity index (χ4n) is 2.96. The van der Waals surface area contributed by atoms with E-state index in [1.807, 2.05) is 36.4 Å². The molecule has 0 unspecified atom stereocenters. The van der Waals surface area contributed by atoms with Crippen LogP contribution in [0.1, 0.15) is 16.8 Å². The maximum Gasteiger partial charge on any atom is 0.251 e. The standard InChI is InChI=1S/C23H22ClN3O3/c1-27(15-21(28)26-20-9-5-4-8-19(20)24)22(29)12-13-25-23(30)18-11-10-16-6-2-3-7-17(16)14-18/h2-11,14H,12-13,15H2,1H3,(H,25,30)(H,26,28). The van der Waals surface area contributed by atoms with Crippen molar-refractivity contribution in [2.75, 3.05) is 25.5 Å². The third-order valence-corrected chi connectivity index (χ3v) is 4.92. The summed E-state index contributed by atoms with van der Waals surface area (Å²) >= 11 is 6.01. The molecule has 0 aliphatic rings. The number of hydrogen-bond donors (Lipinski definition) is 2. The fraction of sp³-hybridized carbons (Fsp3) is 0.174. The number of likely N-dealkylation sites (N-methyl/N-ethyl adjacent to an activating group) is 1. The molecule has 30 heavy (non-hydrogen) atoms. The van der Waals surface area contributed by atoms with Crippen LogP contribution in [0, 0.1) is 0 Å². The predicted molar refractivity (Wildman–Crippen MR) is 119 cm³/mol. The van der Waals surface area contributed by atoms with Crippen LogP contribution in [0.3, 0.4) is 0 Å². The van der Waals surface area contributed by atoms with E-state index >= 15 is 0 Å². The summed E-state index contributed by atoms with van der Waals surface area (Å²) in [4.78, 5) is 38.0. The molecule has 0 atom stereocenters. The number of carbonyl (C=O) groups excluding carboxylic acids is 3. The molecular weight excluding hydrogens is 402 g/mol. The Hall–Kier alpha value is -3.38. The van der Waals surface area contributed by atoms with Crippen LogP contribution >= 0.6 is 11.6 Å². The molecule has 6 nitrogen and oxygen atoms in total. The van der Waals surface area contributed by atoms with Crippen LogP contribution in [0.15, 0.2) is 66.7 Å². The monoisotopic (exact) mass is 423 g/mol. The molecule has 3 aromatic carbocycles. The Morgan fingerprint density at radius 1 is 0.933 bits per heavy atom. The average molecular weight is 424 g/mol. The van der Waals surface area contributed by atoms with E-state index in [-0.39, 0.29) is 37.2 Å². The van der Waals surface area contributed by atoms with Crippen LogP contribution in [-0.4, -0.2) is 42.8 Å². The van der Waals surface area contributed by atoms with Crippen molar-refractivity contribution in [3.63, 3.8) is 0 Å². The van der Waals surface area contributed by atoms with E-state index in [2.05, 4.69) is 10.6 Å². The first-order valence-corrected chi connectivity index (χ1v) is 9.87. The van der Waals surface area contributed by atoms with Gasteiger partial charge in [0.25, 0.3) is 5.91 Å². The van der Waals surface area contributed by atoms with Crippen molar-refractivity contribution >= 4 is 45.8 Å². The molecular formula is C23H22ClN3O3. The maximum absolute atomic E-state index is 12.3. The van der Waals surface area contributed by atoms with Crippen molar-refractivity contribution in [1.29, 1.82) is 0 Å². The Morgan fingerprint density at radius 2 is 1.63 bits per heavy atom. The highest BCUT2D eigenvalue weighted by Gasteiger charge is 2.14. The molecule has 0 saturated heterocycles. The molecule has 0 bridgehead atoms. The molecule has 0 heterocycles. The van der Waals surface area contributed by atoms with Crippen LogP contribution in [0.25, 0.3) is 10.8 Å². The molecule has 2 N–H and O–H groups in total. The lowest BCUT2D eigenvalue weighted by atomic mass is 10.1. The number of nitrogens with zero attached hydrogens (tertiary/aromatic N) is 1. The molecule has 0 aliphatic carbocycles. The summed E-state index contributed by atoms with van der Waals surface area (Å²) in [5.74, 6) is -0.838.